The van der Waals surface area contributed by atoms with Crippen molar-refractivity contribution >= 4 is 15.8 Å². The van der Waals surface area contributed by atoms with Gasteiger partial charge in [-0.3, -0.25) is 4.79 Å². The zero-order valence-electron chi connectivity index (χ0n) is 17.6. The third kappa shape index (κ3) is 8.62. The van der Waals surface area contributed by atoms with Crippen molar-refractivity contribution in [1.29, 1.82) is 0 Å². The Labute approximate surface area is 170 Å². The summed E-state index contributed by atoms with van der Waals surface area (Å²) in [6.45, 7) is 3.83. The van der Waals surface area contributed by atoms with Crippen molar-refractivity contribution in [2.24, 2.45) is 5.92 Å². The van der Waals surface area contributed by atoms with Gasteiger partial charge in [0.1, 0.15) is 0 Å². The van der Waals surface area contributed by atoms with Gasteiger partial charge in [0.05, 0.1) is 29.8 Å². The number of rotatable bonds is 13. The maximum Gasteiger partial charge on any atom is 0.305 e. The molecule has 0 aromatic carbocycles. The number of aliphatic hydroxyl groups is 2. The van der Waals surface area contributed by atoms with Gasteiger partial charge in [-0.2, -0.15) is 0 Å². The van der Waals surface area contributed by atoms with E-state index in [4.69, 9.17) is 0 Å². The Bertz CT molecular complexity index is 596. The molecule has 4 atom stereocenters. The molecule has 0 bridgehead atoms. The van der Waals surface area contributed by atoms with Gasteiger partial charge < -0.3 is 14.9 Å². The van der Waals surface area contributed by atoms with Crippen molar-refractivity contribution in [3.63, 3.8) is 0 Å². The summed E-state index contributed by atoms with van der Waals surface area (Å²) in [4.78, 5) is 11.1. The molecule has 28 heavy (non-hydrogen) atoms. The molecule has 164 valence electrons. The second-order valence-electron chi connectivity index (χ2n) is 8.22. The predicted octanol–water partition coefficient (Wildman–Crippen LogP) is 3.16. The lowest BCUT2D eigenvalue weighted by atomic mass is 9.91. The van der Waals surface area contributed by atoms with Crippen LogP contribution in [0.1, 0.15) is 78.1 Å². The molecule has 0 amide bonds. The summed E-state index contributed by atoms with van der Waals surface area (Å²) in [5.41, 5.74) is -0.986. The lowest BCUT2D eigenvalue weighted by molar-refractivity contribution is -0.140. The van der Waals surface area contributed by atoms with Crippen LogP contribution in [-0.2, 0) is 19.4 Å². The van der Waals surface area contributed by atoms with E-state index in [0.29, 0.717) is 19.3 Å². The number of sulfone groups is 1. The number of esters is 1. The van der Waals surface area contributed by atoms with Crippen molar-refractivity contribution in [3.8, 4) is 0 Å². The SMILES string of the molecule is CCCCCC(C)(O)/C=C/C1C(O)CS(=O)(=O)C1CCCCCCC(=O)OC. The Balaban J connectivity index is 2.58. The van der Waals surface area contributed by atoms with Crippen LogP contribution in [0.4, 0.5) is 0 Å². The van der Waals surface area contributed by atoms with Crippen LogP contribution in [-0.4, -0.2) is 54.4 Å². The summed E-state index contributed by atoms with van der Waals surface area (Å²) >= 11 is 0. The van der Waals surface area contributed by atoms with Crippen LogP contribution in [0.2, 0.25) is 0 Å². The van der Waals surface area contributed by atoms with E-state index in [0.717, 1.165) is 44.9 Å². The van der Waals surface area contributed by atoms with E-state index < -0.39 is 32.7 Å². The number of hydrogen-bond donors (Lipinski definition) is 2. The van der Waals surface area contributed by atoms with Gasteiger partial charge in [-0.25, -0.2) is 8.42 Å². The predicted molar refractivity (Wildman–Crippen MR) is 111 cm³/mol. The molecule has 1 saturated heterocycles. The maximum atomic E-state index is 12.4. The number of carbonyl (C=O) groups excluding carboxylic acids is 1. The van der Waals surface area contributed by atoms with E-state index in [1.807, 2.05) is 0 Å². The smallest absolute Gasteiger partial charge is 0.305 e. The molecule has 0 radical (unpaired) electrons. The molecule has 1 heterocycles. The highest BCUT2D eigenvalue weighted by Gasteiger charge is 2.44. The van der Waals surface area contributed by atoms with E-state index in [9.17, 15) is 23.4 Å². The van der Waals surface area contributed by atoms with Crippen LogP contribution in [0.3, 0.4) is 0 Å². The Morgan fingerprint density at radius 1 is 1.18 bits per heavy atom. The first kappa shape index (κ1) is 25.1. The molecule has 1 fully saturated rings. The molecular weight excluding hydrogens is 380 g/mol. The average Bonchev–Trinajstić information content (AvgIpc) is 2.83. The topological polar surface area (TPSA) is 101 Å². The second-order valence-corrected chi connectivity index (χ2v) is 10.5. The van der Waals surface area contributed by atoms with Crippen LogP contribution < -0.4 is 0 Å². The van der Waals surface area contributed by atoms with Crippen molar-refractivity contribution in [2.75, 3.05) is 12.9 Å². The molecular formula is C21H38O6S. The van der Waals surface area contributed by atoms with E-state index in [-0.39, 0.29) is 11.7 Å². The zero-order chi connectivity index (χ0) is 21.2. The normalized spacial score (nSPS) is 26.4. The Morgan fingerprint density at radius 3 is 2.50 bits per heavy atom. The molecule has 1 aliphatic heterocycles. The molecule has 1 aliphatic rings. The molecule has 1 rings (SSSR count). The number of unbranched alkanes of at least 4 members (excludes halogenated alkanes) is 5. The van der Waals surface area contributed by atoms with Gasteiger partial charge in [-0.05, 0) is 26.2 Å². The molecule has 0 aliphatic carbocycles. The molecule has 6 nitrogen and oxygen atoms in total. The minimum Gasteiger partial charge on any atom is -0.469 e. The fourth-order valence-corrected chi connectivity index (χ4v) is 6.01. The van der Waals surface area contributed by atoms with E-state index >= 15 is 0 Å². The number of aliphatic hydroxyl groups excluding tert-OH is 1. The summed E-state index contributed by atoms with van der Waals surface area (Å²) in [5, 5.41) is 20.2. The van der Waals surface area contributed by atoms with Crippen LogP contribution in [0, 0.1) is 5.92 Å². The van der Waals surface area contributed by atoms with Crippen molar-refractivity contribution in [2.45, 2.75) is 95.0 Å². The van der Waals surface area contributed by atoms with Crippen LogP contribution >= 0.6 is 0 Å². The molecule has 4 unspecified atom stereocenters. The Hall–Kier alpha value is -0.920. The number of methoxy groups -OCH3 is 1. The number of ether oxygens (including phenoxy) is 1. The highest BCUT2D eigenvalue weighted by Crippen LogP contribution is 2.33. The monoisotopic (exact) mass is 418 g/mol. The Kier molecular flexibility index (Phi) is 10.7. The summed E-state index contributed by atoms with van der Waals surface area (Å²) in [6.07, 6.45) is 10.1. The Morgan fingerprint density at radius 2 is 1.86 bits per heavy atom. The van der Waals surface area contributed by atoms with Gasteiger partial charge in [-0.1, -0.05) is 57.6 Å². The lowest BCUT2D eigenvalue weighted by Gasteiger charge is -2.22. The van der Waals surface area contributed by atoms with Gasteiger partial charge in [0.15, 0.2) is 9.84 Å². The fraction of sp³-hybridized carbons (Fsp3) is 0.857. The van der Waals surface area contributed by atoms with E-state index in [1.54, 1.807) is 19.1 Å². The molecule has 0 aromatic heterocycles. The van der Waals surface area contributed by atoms with Crippen LogP contribution in [0.25, 0.3) is 0 Å². The lowest BCUT2D eigenvalue weighted by Crippen LogP contribution is -2.26. The third-order valence-corrected chi connectivity index (χ3v) is 7.83. The first-order chi connectivity index (χ1) is 13.1. The summed E-state index contributed by atoms with van der Waals surface area (Å²) < 4.78 is 29.5. The highest BCUT2D eigenvalue weighted by atomic mass is 32.2. The minimum absolute atomic E-state index is 0.215. The largest absolute Gasteiger partial charge is 0.469 e. The third-order valence-electron chi connectivity index (χ3n) is 5.55. The zero-order valence-corrected chi connectivity index (χ0v) is 18.4. The molecule has 2 N–H and O–H groups in total. The van der Waals surface area contributed by atoms with Gasteiger partial charge in [0, 0.05) is 12.3 Å². The van der Waals surface area contributed by atoms with Crippen molar-refractivity contribution < 1.29 is 28.2 Å². The van der Waals surface area contributed by atoms with Gasteiger partial charge in [0.25, 0.3) is 0 Å². The molecule has 0 saturated carbocycles. The van der Waals surface area contributed by atoms with Gasteiger partial charge >= 0.3 is 5.97 Å². The molecule has 7 heteroatoms. The number of carbonyl (C=O) groups is 1. The summed E-state index contributed by atoms with van der Waals surface area (Å²) in [5.74, 6) is -0.914. The second kappa shape index (κ2) is 11.9. The standard InChI is InChI=1S/C21H38O6S/c1-4-5-10-14-21(2,24)15-13-17-18(22)16-28(25,26)19(17)11-8-6-7-9-12-20(23)27-3/h13,15,17-19,22,24H,4-12,14,16H2,1-3H3/b15-13+. The molecule has 0 aromatic rings. The summed E-state index contributed by atoms with van der Waals surface area (Å²) in [7, 11) is -1.97. The van der Waals surface area contributed by atoms with Crippen LogP contribution in [0.15, 0.2) is 12.2 Å². The van der Waals surface area contributed by atoms with E-state index in [2.05, 4.69) is 11.7 Å². The van der Waals surface area contributed by atoms with E-state index in [1.165, 1.54) is 7.11 Å². The highest BCUT2D eigenvalue weighted by molar-refractivity contribution is 7.92. The van der Waals surface area contributed by atoms with Gasteiger partial charge in [-0.15, -0.1) is 0 Å². The summed E-state index contributed by atoms with van der Waals surface area (Å²) in [6, 6.07) is 0. The van der Waals surface area contributed by atoms with Crippen LogP contribution in [0.5, 0.6) is 0 Å². The van der Waals surface area contributed by atoms with Gasteiger partial charge in [0.2, 0.25) is 0 Å². The number of hydrogen-bond acceptors (Lipinski definition) is 6. The fourth-order valence-electron chi connectivity index (χ4n) is 3.79. The van der Waals surface area contributed by atoms with Crippen molar-refractivity contribution in [1.82, 2.24) is 0 Å². The average molecular weight is 419 g/mol. The molecule has 0 spiro atoms. The van der Waals surface area contributed by atoms with Crippen molar-refractivity contribution in [3.05, 3.63) is 12.2 Å². The first-order valence-corrected chi connectivity index (χ1v) is 12.2. The maximum absolute atomic E-state index is 12.4. The minimum atomic E-state index is -3.34. The quantitative estimate of drug-likeness (QED) is 0.271. The first-order valence-electron chi connectivity index (χ1n) is 10.5.